The van der Waals surface area contributed by atoms with Gasteiger partial charge in [-0.1, -0.05) is 44.2 Å². The van der Waals surface area contributed by atoms with Crippen molar-refractivity contribution in [3.8, 4) is 0 Å². The number of piperazine rings is 1. The summed E-state index contributed by atoms with van der Waals surface area (Å²) in [5.41, 5.74) is 1.40. The molecule has 1 N–H and O–H groups in total. The fraction of sp³-hybridized carbons (Fsp3) is 0.667. The van der Waals surface area contributed by atoms with E-state index in [1.807, 2.05) is 0 Å². The molecular weight excluding hydrogens is 342 g/mol. The zero-order valence-electron chi connectivity index (χ0n) is 16.5. The maximum Gasteiger partial charge on any atom is 0.229 e. The number of nitrogens with one attached hydrogen (secondary N) is 1. The second-order valence-electron chi connectivity index (χ2n) is 7.54. The van der Waals surface area contributed by atoms with E-state index in [1.54, 1.807) is 11.8 Å². The molecule has 0 bridgehead atoms. The van der Waals surface area contributed by atoms with Crippen LogP contribution in [0.4, 0.5) is 0 Å². The Kier molecular flexibility index (Phi) is 10.1. The second-order valence-corrected chi connectivity index (χ2v) is 8.65. The SMILES string of the molecule is CC(C)CCSCC(=O)NCCCN1CCN(Cc2ccccc2)CC1. The van der Waals surface area contributed by atoms with Gasteiger partial charge in [-0.15, -0.1) is 0 Å². The molecular formula is C21H35N3OS. The lowest BCUT2D eigenvalue weighted by molar-refractivity contribution is -0.118. The van der Waals surface area contributed by atoms with Gasteiger partial charge in [0.1, 0.15) is 0 Å². The fourth-order valence-electron chi connectivity index (χ4n) is 3.08. The Labute approximate surface area is 163 Å². The molecule has 1 aliphatic rings. The molecule has 26 heavy (non-hydrogen) atoms. The Balaban J connectivity index is 1.48. The molecule has 2 rings (SSSR count). The minimum Gasteiger partial charge on any atom is -0.355 e. The predicted molar refractivity (Wildman–Crippen MR) is 113 cm³/mol. The average molecular weight is 378 g/mol. The van der Waals surface area contributed by atoms with Crippen molar-refractivity contribution >= 4 is 17.7 Å². The predicted octanol–water partition coefficient (Wildman–Crippen LogP) is 3.09. The summed E-state index contributed by atoms with van der Waals surface area (Å²) >= 11 is 1.75. The van der Waals surface area contributed by atoms with Crippen LogP contribution in [0.5, 0.6) is 0 Å². The molecule has 0 spiro atoms. The molecule has 0 unspecified atom stereocenters. The largest absolute Gasteiger partial charge is 0.355 e. The number of benzene rings is 1. The monoisotopic (exact) mass is 377 g/mol. The van der Waals surface area contributed by atoms with E-state index >= 15 is 0 Å². The van der Waals surface area contributed by atoms with E-state index in [2.05, 4.69) is 59.3 Å². The molecule has 5 heteroatoms. The highest BCUT2D eigenvalue weighted by Gasteiger charge is 2.16. The Morgan fingerprint density at radius 3 is 2.50 bits per heavy atom. The molecule has 4 nitrogen and oxygen atoms in total. The maximum atomic E-state index is 11.8. The first-order valence-electron chi connectivity index (χ1n) is 9.96. The molecule has 1 heterocycles. The standard InChI is InChI=1S/C21H35N3OS/c1-19(2)9-16-26-18-21(25)22-10-6-11-23-12-14-24(15-13-23)17-20-7-4-3-5-8-20/h3-5,7-8,19H,6,9-18H2,1-2H3,(H,22,25). The topological polar surface area (TPSA) is 35.6 Å². The number of carbonyl (C=O) groups is 1. The van der Waals surface area contributed by atoms with E-state index in [0.29, 0.717) is 5.75 Å². The molecule has 0 aliphatic carbocycles. The summed E-state index contributed by atoms with van der Waals surface area (Å²) in [4.78, 5) is 16.9. The minimum absolute atomic E-state index is 0.187. The van der Waals surface area contributed by atoms with Gasteiger partial charge in [0.2, 0.25) is 5.91 Å². The number of hydrogen-bond donors (Lipinski definition) is 1. The van der Waals surface area contributed by atoms with Gasteiger partial charge in [0, 0.05) is 39.3 Å². The maximum absolute atomic E-state index is 11.8. The molecule has 0 saturated carbocycles. The van der Waals surface area contributed by atoms with Gasteiger partial charge >= 0.3 is 0 Å². The van der Waals surface area contributed by atoms with Crippen LogP contribution in [0.1, 0.15) is 32.3 Å². The lowest BCUT2D eigenvalue weighted by Crippen LogP contribution is -2.46. The Morgan fingerprint density at radius 2 is 1.81 bits per heavy atom. The molecule has 1 saturated heterocycles. The molecule has 0 radical (unpaired) electrons. The molecule has 1 aromatic carbocycles. The summed E-state index contributed by atoms with van der Waals surface area (Å²) in [6.45, 7) is 11.9. The molecule has 0 atom stereocenters. The van der Waals surface area contributed by atoms with Gasteiger partial charge in [0.25, 0.3) is 0 Å². The van der Waals surface area contributed by atoms with E-state index in [-0.39, 0.29) is 5.91 Å². The van der Waals surface area contributed by atoms with Crippen LogP contribution < -0.4 is 5.32 Å². The van der Waals surface area contributed by atoms with Gasteiger partial charge in [-0.25, -0.2) is 0 Å². The average Bonchev–Trinajstić information content (AvgIpc) is 2.64. The van der Waals surface area contributed by atoms with E-state index in [0.717, 1.165) is 63.9 Å². The van der Waals surface area contributed by atoms with Crippen molar-refractivity contribution in [2.24, 2.45) is 5.92 Å². The van der Waals surface area contributed by atoms with Crippen LogP contribution in [0, 0.1) is 5.92 Å². The fourth-order valence-corrected chi connectivity index (χ4v) is 4.15. The molecule has 1 aliphatic heterocycles. The van der Waals surface area contributed by atoms with Crippen molar-refractivity contribution in [1.29, 1.82) is 0 Å². The molecule has 1 fully saturated rings. The third kappa shape index (κ3) is 9.06. The quantitative estimate of drug-likeness (QED) is 0.601. The van der Waals surface area contributed by atoms with Crippen molar-refractivity contribution in [1.82, 2.24) is 15.1 Å². The van der Waals surface area contributed by atoms with E-state index in [4.69, 9.17) is 0 Å². The summed E-state index contributed by atoms with van der Waals surface area (Å²) in [6.07, 6.45) is 2.23. The normalized spacial score (nSPS) is 16.1. The third-order valence-electron chi connectivity index (χ3n) is 4.76. The molecule has 0 aromatic heterocycles. The number of nitrogens with zero attached hydrogens (tertiary/aromatic N) is 2. The lowest BCUT2D eigenvalue weighted by Gasteiger charge is -2.34. The highest BCUT2D eigenvalue weighted by Crippen LogP contribution is 2.09. The number of amides is 1. The van der Waals surface area contributed by atoms with Crippen LogP contribution in [0.2, 0.25) is 0 Å². The van der Waals surface area contributed by atoms with Crippen LogP contribution in [-0.4, -0.2) is 66.5 Å². The van der Waals surface area contributed by atoms with Gasteiger partial charge in [-0.2, -0.15) is 11.8 Å². The Hall–Kier alpha value is -1.04. The van der Waals surface area contributed by atoms with Crippen LogP contribution in [0.25, 0.3) is 0 Å². The summed E-state index contributed by atoms with van der Waals surface area (Å²) in [7, 11) is 0. The van der Waals surface area contributed by atoms with Crippen molar-refractivity contribution < 1.29 is 4.79 Å². The van der Waals surface area contributed by atoms with E-state index < -0.39 is 0 Å². The van der Waals surface area contributed by atoms with Crippen molar-refractivity contribution in [3.05, 3.63) is 35.9 Å². The van der Waals surface area contributed by atoms with Crippen LogP contribution in [0.3, 0.4) is 0 Å². The van der Waals surface area contributed by atoms with Crippen molar-refractivity contribution in [3.63, 3.8) is 0 Å². The van der Waals surface area contributed by atoms with Gasteiger partial charge in [0.05, 0.1) is 5.75 Å². The smallest absolute Gasteiger partial charge is 0.229 e. The van der Waals surface area contributed by atoms with Crippen LogP contribution >= 0.6 is 11.8 Å². The number of hydrogen-bond acceptors (Lipinski definition) is 4. The number of carbonyl (C=O) groups excluding carboxylic acids is 1. The zero-order valence-corrected chi connectivity index (χ0v) is 17.3. The summed E-state index contributed by atoms with van der Waals surface area (Å²) in [5, 5.41) is 3.05. The molecule has 1 amide bonds. The Bertz CT molecular complexity index is 501. The summed E-state index contributed by atoms with van der Waals surface area (Å²) in [6, 6.07) is 10.7. The highest BCUT2D eigenvalue weighted by molar-refractivity contribution is 7.99. The summed E-state index contributed by atoms with van der Waals surface area (Å²) in [5.74, 6) is 2.59. The zero-order chi connectivity index (χ0) is 18.6. The second kappa shape index (κ2) is 12.4. The van der Waals surface area contributed by atoms with E-state index in [1.165, 1.54) is 12.0 Å². The first-order chi connectivity index (χ1) is 12.6. The van der Waals surface area contributed by atoms with Crippen molar-refractivity contribution in [2.45, 2.75) is 33.2 Å². The first-order valence-corrected chi connectivity index (χ1v) is 11.1. The molecule has 1 aromatic rings. The lowest BCUT2D eigenvalue weighted by atomic mass is 10.2. The van der Waals surface area contributed by atoms with Gasteiger partial charge in [-0.3, -0.25) is 9.69 Å². The first kappa shape index (κ1) is 21.3. The van der Waals surface area contributed by atoms with Crippen LogP contribution in [0.15, 0.2) is 30.3 Å². The summed E-state index contributed by atoms with van der Waals surface area (Å²) < 4.78 is 0. The minimum atomic E-state index is 0.187. The van der Waals surface area contributed by atoms with E-state index in [9.17, 15) is 4.79 Å². The van der Waals surface area contributed by atoms with Crippen LogP contribution in [-0.2, 0) is 11.3 Å². The van der Waals surface area contributed by atoms with Gasteiger partial charge in [0.15, 0.2) is 0 Å². The number of rotatable bonds is 11. The van der Waals surface area contributed by atoms with Crippen molar-refractivity contribution in [2.75, 3.05) is 50.8 Å². The number of thioether (sulfide) groups is 1. The Morgan fingerprint density at radius 1 is 1.12 bits per heavy atom. The third-order valence-corrected chi connectivity index (χ3v) is 5.75. The molecule has 146 valence electrons. The van der Waals surface area contributed by atoms with Gasteiger partial charge in [-0.05, 0) is 36.6 Å². The van der Waals surface area contributed by atoms with Gasteiger partial charge < -0.3 is 10.2 Å². The highest BCUT2D eigenvalue weighted by atomic mass is 32.2.